The van der Waals surface area contributed by atoms with E-state index in [0.29, 0.717) is 19.1 Å². The van der Waals surface area contributed by atoms with Gasteiger partial charge in [0.05, 0.1) is 23.6 Å². The highest BCUT2D eigenvalue weighted by Gasteiger charge is 2.29. The van der Waals surface area contributed by atoms with Crippen LogP contribution in [0.1, 0.15) is 24.6 Å². The lowest BCUT2D eigenvalue weighted by molar-refractivity contribution is -0.148. The van der Waals surface area contributed by atoms with Crippen molar-refractivity contribution in [1.29, 1.82) is 0 Å². The molecule has 1 fully saturated rings. The van der Waals surface area contributed by atoms with E-state index in [1.165, 1.54) is 0 Å². The van der Waals surface area contributed by atoms with Crippen LogP contribution in [0.3, 0.4) is 0 Å². The fourth-order valence-electron chi connectivity index (χ4n) is 3.26. The van der Waals surface area contributed by atoms with Gasteiger partial charge < -0.3 is 9.64 Å². The highest BCUT2D eigenvalue weighted by atomic mass is 32.1. The normalized spacial score (nSPS) is 13.2. The third-order valence-corrected chi connectivity index (χ3v) is 6.92. The maximum atomic E-state index is 13.2. The van der Waals surface area contributed by atoms with Crippen molar-refractivity contribution < 1.29 is 14.3 Å². The third kappa shape index (κ3) is 5.15. The van der Waals surface area contributed by atoms with Crippen molar-refractivity contribution in [2.45, 2.75) is 26.2 Å². The number of amides is 1. The highest BCUT2D eigenvalue weighted by molar-refractivity contribution is 7.17. The van der Waals surface area contributed by atoms with Crippen molar-refractivity contribution >= 4 is 34.6 Å². The smallest absolute Gasteiger partial charge is 0.325 e. The monoisotopic (exact) mass is 440 g/mol. The first-order valence-electron chi connectivity index (χ1n) is 10.2. The van der Waals surface area contributed by atoms with Gasteiger partial charge in [0.2, 0.25) is 5.91 Å². The van der Waals surface area contributed by atoms with Crippen LogP contribution in [-0.4, -0.2) is 41.5 Å². The van der Waals surface area contributed by atoms with E-state index in [0.717, 1.165) is 38.9 Å². The summed E-state index contributed by atoms with van der Waals surface area (Å²) in [6, 6.07) is 14.0. The molecule has 0 N–H and O–H groups in total. The molecule has 1 aliphatic carbocycles. The van der Waals surface area contributed by atoms with E-state index in [4.69, 9.17) is 9.72 Å². The van der Waals surface area contributed by atoms with Crippen molar-refractivity contribution in [2.75, 3.05) is 19.7 Å². The molecule has 156 valence electrons. The second-order valence-corrected chi connectivity index (χ2v) is 9.36. The van der Waals surface area contributed by atoms with Crippen molar-refractivity contribution in [3.8, 4) is 21.1 Å². The number of benzene rings is 1. The van der Waals surface area contributed by atoms with Gasteiger partial charge in [-0.1, -0.05) is 36.4 Å². The summed E-state index contributed by atoms with van der Waals surface area (Å²) in [6.07, 6.45) is 2.47. The Labute approximate surface area is 184 Å². The Morgan fingerprint density at radius 3 is 2.63 bits per heavy atom. The number of ether oxygens (including phenoxy) is 1. The summed E-state index contributed by atoms with van der Waals surface area (Å²) in [7, 11) is 0. The molecular weight excluding hydrogens is 416 g/mol. The molecule has 30 heavy (non-hydrogen) atoms. The first-order valence-corrected chi connectivity index (χ1v) is 11.9. The highest BCUT2D eigenvalue weighted by Crippen LogP contribution is 2.36. The van der Waals surface area contributed by atoms with Gasteiger partial charge in [-0.2, -0.15) is 0 Å². The van der Waals surface area contributed by atoms with Crippen LogP contribution in [-0.2, 0) is 20.7 Å². The third-order valence-electron chi connectivity index (χ3n) is 4.94. The summed E-state index contributed by atoms with van der Waals surface area (Å²) in [6.45, 7) is 2.74. The number of hydrogen-bond acceptors (Lipinski definition) is 6. The van der Waals surface area contributed by atoms with Gasteiger partial charge in [-0.3, -0.25) is 9.59 Å². The zero-order valence-corrected chi connectivity index (χ0v) is 18.5. The summed E-state index contributed by atoms with van der Waals surface area (Å²) < 4.78 is 5.08. The molecule has 0 bridgehead atoms. The fraction of sp³-hybridized carbons (Fsp3) is 0.348. The number of esters is 1. The van der Waals surface area contributed by atoms with Crippen LogP contribution < -0.4 is 0 Å². The first-order chi connectivity index (χ1) is 14.6. The van der Waals surface area contributed by atoms with Gasteiger partial charge >= 0.3 is 5.97 Å². The Kier molecular flexibility index (Phi) is 6.59. The van der Waals surface area contributed by atoms with E-state index in [1.54, 1.807) is 34.5 Å². The van der Waals surface area contributed by atoms with Gasteiger partial charge in [-0.05, 0) is 37.1 Å². The average molecular weight is 441 g/mol. The molecule has 3 aromatic rings. The molecule has 0 unspecified atom stereocenters. The lowest BCUT2D eigenvalue weighted by Gasteiger charge is -2.21. The molecule has 0 spiro atoms. The second-order valence-electron chi connectivity index (χ2n) is 7.33. The molecule has 0 aliphatic heterocycles. The van der Waals surface area contributed by atoms with Crippen LogP contribution in [0.2, 0.25) is 0 Å². The molecule has 2 aromatic heterocycles. The maximum Gasteiger partial charge on any atom is 0.325 e. The minimum absolute atomic E-state index is 0.0157. The Morgan fingerprint density at radius 1 is 1.17 bits per heavy atom. The lowest BCUT2D eigenvalue weighted by atomic mass is 10.2. The number of aromatic nitrogens is 1. The number of thiophene rings is 1. The zero-order chi connectivity index (χ0) is 20.9. The molecule has 4 rings (SSSR count). The summed E-state index contributed by atoms with van der Waals surface area (Å²) in [5, 5.41) is 2.92. The number of nitrogens with zero attached hydrogens (tertiary/aromatic N) is 2. The van der Waals surface area contributed by atoms with Crippen molar-refractivity contribution in [1.82, 2.24) is 9.88 Å². The van der Waals surface area contributed by atoms with Gasteiger partial charge in [-0.15, -0.1) is 22.7 Å². The SMILES string of the molecule is CCOC(=O)CN(CC1CC1)C(=O)Cc1sc(-c2ccccc2)nc1-c1cccs1. The number of carbonyl (C=O) groups is 2. The molecule has 0 atom stereocenters. The Bertz CT molecular complexity index is 995. The molecule has 0 radical (unpaired) electrons. The number of hydrogen-bond donors (Lipinski definition) is 0. The minimum atomic E-state index is -0.348. The quantitative estimate of drug-likeness (QED) is 0.445. The molecular formula is C23H24N2O3S2. The Hall–Kier alpha value is -2.51. The summed E-state index contributed by atoms with van der Waals surface area (Å²) in [4.78, 5) is 33.7. The topological polar surface area (TPSA) is 59.5 Å². The van der Waals surface area contributed by atoms with Crippen LogP contribution in [0.15, 0.2) is 47.8 Å². The average Bonchev–Trinajstić information content (AvgIpc) is 3.23. The predicted molar refractivity (Wildman–Crippen MR) is 121 cm³/mol. The van der Waals surface area contributed by atoms with Crippen LogP contribution in [0.5, 0.6) is 0 Å². The maximum absolute atomic E-state index is 13.2. The minimum Gasteiger partial charge on any atom is -0.465 e. The van der Waals surface area contributed by atoms with Gasteiger partial charge in [0.25, 0.3) is 0 Å². The van der Waals surface area contributed by atoms with Crippen molar-refractivity contribution in [3.63, 3.8) is 0 Å². The second kappa shape index (κ2) is 9.53. The number of thiazole rings is 1. The number of rotatable bonds is 9. The molecule has 1 aromatic carbocycles. The van der Waals surface area contributed by atoms with E-state index in [1.807, 2.05) is 47.8 Å². The molecule has 1 saturated carbocycles. The standard InChI is InChI=1S/C23H24N2O3S2/c1-2-28-21(27)15-25(14-16-10-11-16)20(26)13-19-22(18-9-6-12-29-18)24-23(30-19)17-7-4-3-5-8-17/h3-9,12,16H,2,10-11,13-15H2,1H3. The van der Waals surface area contributed by atoms with Gasteiger partial charge in [-0.25, -0.2) is 4.98 Å². The first kappa shape index (κ1) is 20.8. The lowest BCUT2D eigenvalue weighted by Crippen LogP contribution is -2.38. The van der Waals surface area contributed by atoms with E-state index in [2.05, 4.69) is 0 Å². The van der Waals surface area contributed by atoms with Gasteiger partial charge in [0.15, 0.2) is 0 Å². The predicted octanol–water partition coefficient (Wildman–Crippen LogP) is 4.88. The number of carbonyl (C=O) groups excluding carboxylic acids is 2. The van der Waals surface area contributed by atoms with Crippen LogP contribution in [0.4, 0.5) is 0 Å². The molecule has 7 heteroatoms. The van der Waals surface area contributed by atoms with Crippen molar-refractivity contribution in [2.24, 2.45) is 5.92 Å². The van der Waals surface area contributed by atoms with Crippen molar-refractivity contribution in [3.05, 3.63) is 52.7 Å². The molecule has 0 saturated heterocycles. The summed E-state index contributed by atoms with van der Waals surface area (Å²) >= 11 is 3.17. The zero-order valence-electron chi connectivity index (χ0n) is 16.9. The van der Waals surface area contributed by atoms with E-state index < -0.39 is 0 Å². The van der Waals surface area contributed by atoms with Gasteiger partial charge in [0.1, 0.15) is 11.6 Å². The summed E-state index contributed by atoms with van der Waals surface area (Å²) in [5.41, 5.74) is 1.91. The molecule has 5 nitrogen and oxygen atoms in total. The van der Waals surface area contributed by atoms with E-state index in [-0.39, 0.29) is 24.8 Å². The largest absolute Gasteiger partial charge is 0.465 e. The van der Waals surface area contributed by atoms with E-state index in [9.17, 15) is 9.59 Å². The molecule has 2 heterocycles. The van der Waals surface area contributed by atoms with Crippen LogP contribution in [0, 0.1) is 5.92 Å². The van der Waals surface area contributed by atoms with E-state index >= 15 is 0 Å². The van der Waals surface area contributed by atoms with Crippen LogP contribution >= 0.6 is 22.7 Å². The molecule has 1 amide bonds. The summed E-state index contributed by atoms with van der Waals surface area (Å²) in [5.74, 6) is 0.108. The Balaban J connectivity index is 1.59. The van der Waals surface area contributed by atoms with Gasteiger partial charge in [0, 0.05) is 17.0 Å². The fourth-order valence-corrected chi connectivity index (χ4v) is 5.14. The molecule has 1 aliphatic rings. The van der Waals surface area contributed by atoms with Crippen LogP contribution in [0.25, 0.3) is 21.1 Å². The Morgan fingerprint density at radius 2 is 1.97 bits per heavy atom.